The number of hydrogen-bond donors (Lipinski definition) is 2. The van der Waals surface area contributed by atoms with E-state index in [2.05, 4.69) is 33.0 Å². The Labute approximate surface area is 200 Å². The molecule has 0 saturated carbocycles. The minimum Gasteiger partial charge on any atom is -0.372 e. The number of benzene rings is 1. The molecule has 0 bridgehead atoms. The molecule has 1 aromatic carbocycles. The van der Waals surface area contributed by atoms with Crippen molar-refractivity contribution < 1.29 is 14.3 Å². The van der Waals surface area contributed by atoms with Gasteiger partial charge >= 0.3 is 6.03 Å². The molecule has 178 valence electrons. The Morgan fingerprint density at radius 3 is 2.39 bits per heavy atom. The first-order chi connectivity index (χ1) is 16.0. The Bertz CT molecular complexity index is 902. The number of nitrogens with one attached hydrogen (secondary N) is 2. The van der Waals surface area contributed by atoms with Crippen molar-refractivity contribution in [1.82, 2.24) is 20.4 Å². The van der Waals surface area contributed by atoms with Crippen LogP contribution in [0.2, 0.25) is 0 Å². The van der Waals surface area contributed by atoms with Crippen LogP contribution in [0.25, 0.3) is 0 Å². The second-order valence-electron chi connectivity index (χ2n) is 9.00. The normalized spacial score (nSPS) is 22.2. The smallest absolute Gasteiger partial charge is 0.315 e. The molecule has 3 atom stereocenters. The number of nitrogens with zero attached hydrogens (tertiary/aromatic N) is 2. The van der Waals surface area contributed by atoms with Crippen LogP contribution in [0, 0.1) is 0 Å². The first-order valence-corrected chi connectivity index (χ1v) is 12.7. The van der Waals surface area contributed by atoms with E-state index in [9.17, 15) is 9.59 Å². The number of thiophene rings is 1. The van der Waals surface area contributed by atoms with Crippen molar-refractivity contribution in [3.63, 3.8) is 0 Å². The van der Waals surface area contributed by atoms with E-state index >= 15 is 0 Å². The maximum absolute atomic E-state index is 12.8. The number of ether oxygens (including phenoxy) is 1. The maximum Gasteiger partial charge on any atom is 0.315 e. The summed E-state index contributed by atoms with van der Waals surface area (Å²) in [6.45, 7) is 8.37. The monoisotopic (exact) mass is 470 g/mol. The Kier molecular flexibility index (Phi) is 8.01. The van der Waals surface area contributed by atoms with Gasteiger partial charge in [0.1, 0.15) is 0 Å². The number of rotatable bonds is 7. The van der Waals surface area contributed by atoms with Crippen molar-refractivity contribution in [3.05, 3.63) is 57.8 Å². The van der Waals surface area contributed by atoms with Gasteiger partial charge in [-0.2, -0.15) is 0 Å². The number of carbonyl (C=O) groups excluding carboxylic acids is 2. The number of likely N-dealkylation sites (tertiary alicyclic amines) is 1. The Hall–Kier alpha value is -2.42. The van der Waals surface area contributed by atoms with Crippen LogP contribution in [0.1, 0.15) is 53.5 Å². The van der Waals surface area contributed by atoms with E-state index in [1.54, 1.807) is 11.3 Å². The number of morpholine rings is 1. The summed E-state index contributed by atoms with van der Waals surface area (Å²) in [5.41, 5.74) is 1.62. The highest BCUT2D eigenvalue weighted by Gasteiger charge is 2.27. The third-order valence-corrected chi connectivity index (χ3v) is 7.24. The first kappa shape index (κ1) is 23.7. The van der Waals surface area contributed by atoms with Gasteiger partial charge in [0.15, 0.2) is 0 Å². The van der Waals surface area contributed by atoms with Gasteiger partial charge in [-0.3, -0.25) is 9.69 Å². The van der Waals surface area contributed by atoms with Crippen LogP contribution in [0.5, 0.6) is 0 Å². The average Bonchev–Trinajstić information content (AvgIpc) is 3.52. The van der Waals surface area contributed by atoms with Crippen LogP contribution in [0.15, 0.2) is 41.8 Å². The van der Waals surface area contributed by atoms with Crippen LogP contribution in [-0.4, -0.2) is 66.7 Å². The van der Waals surface area contributed by atoms with E-state index in [0.717, 1.165) is 18.7 Å². The van der Waals surface area contributed by atoms with E-state index in [1.165, 1.54) is 17.7 Å². The van der Waals surface area contributed by atoms with Crippen LogP contribution < -0.4 is 10.6 Å². The van der Waals surface area contributed by atoms with Crippen molar-refractivity contribution >= 4 is 23.3 Å². The lowest BCUT2D eigenvalue weighted by Gasteiger charge is -2.35. The predicted molar refractivity (Wildman–Crippen MR) is 130 cm³/mol. The van der Waals surface area contributed by atoms with Crippen molar-refractivity contribution in [2.45, 2.75) is 51.5 Å². The van der Waals surface area contributed by atoms with E-state index in [1.807, 2.05) is 43.0 Å². The number of urea groups is 1. The van der Waals surface area contributed by atoms with Gasteiger partial charge in [-0.15, -0.1) is 11.3 Å². The van der Waals surface area contributed by atoms with Crippen LogP contribution in [0.4, 0.5) is 4.79 Å². The van der Waals surface area contributed by atoms with E-state index in [-0.39, 0.29) is 30.2 Å². The summed E-state index contributed by atoms with van der Waals surface area (Å²) in [7, 11) is 0. The number of carbonyl (C=O) groups is 2. The predicted octanol–water partition coefficient (Wildman–Crippen LogP) is 3.63. The Morgan fingerprint density at radius 2 is 1.76 bits per heavy atom. The summed E-state index contributed by atoms with van der Waals surface area (Å²) in [5.74, 6) is 0.0239. The molecule has 2 fully saturated rings. The van der Waals surface area contributed by atoms with Crippen molar-refractivity contribution in [3.8, 4) is 0 Å². The maximum atomic E-state index is 12.8. The molecule has 3 amide bonds. The largest absolute Gasteiger partial charge is 0.372 e. The fraction of sp³-hybridized carbons (Fsp3) is 0.520. The Balaban J connectivity index is 1.25. The van der Waals surface area contributed by atoms with Gasteiger partial charge in [0.2, 0.25) is 0 Å². The van der Waals surface area contributed by atoms with Crippen molar-refractivity contribution in [1.29, 1.82) is 0 Å². The van der Waals surface area contributed by atoms with E-state index in [4.69, 9.17) is 4.74 Å². The van der Waals surface area contributed by atoms with Gasteiger partial charge in [-0.25, -0.2) is 4.79 Å². The quantitative estimate of drug-likeness (QED) is 0.648. The lowest BCUT2D eigenvalue weighted by molar-refractivity contribution is -0.0586. The molecular formula is C25H34N4O3S. The minimum absolute atomic E-state index is 0.0239. The molecule has 0 radical (unpaired) electrons. The zero-order valence-corrected chi connectivity index (χ0v) is 20.3. The van der Waals surface area contributed by atoms with Gasteiger partial charge < -0.3 is 20.3 Å². The second-order valence-corrected chi connectivity index (χ2v) is 9.98. The molecular weight excluding hydrogens is 436 g/mol. The number of hydrogen-bond acceptors (Lipinski definition) is 5. The van der Waals surface area contributed by atoms with E-state index < -0.39 is 0 Å². The van der Waals surface area contributed by atoms with Crippen LogP contribution in [0.3, 0.4) is 0 Å². The molecule has 2 aromatic rings. The lowest BCUT2D eigenvalue weighted by Crippen LogP contribution is -2.48. The lowest BCUT2D eigenvalue weighted by atomic mass is 10.1. The van der Waals surface area contributed by atoms with Gasteiger partial charge in [0.25, 0.3) is 5.91 Å². The summed E-state index contributed by atoms with van der Waals surface area (Å²) < 4.78 is 5.72. The topological polar surface area (TPSA) is 73.9 Å². The van der Waals surface area contributed by atoms with Gasteiger partial charge in [0, 0.05) is 36.6 Å². The highest BCUT2D eigenvalue weighted by Crippen LogP contribution is 2.27. The second kappa shape index (κ2) is 11.1. The zero-order chi connectivity index (χ0) is 23.2. The molecule has 2 saturated heterocycles. The first-order valence-electron chi connectivity index (χ1n) is 11.8. The van der Waals surface area contributed by atoms with Crippen LogP contribution >= 0.6 is 11.3 Å². The summed E-state index contributed by atoms with van der Waals surface area (Å²) in [4.78, 5) is 30.8. The molecule has 8 heteroatoms. The molecule has 2 aliphatic rings. The average molecular weight is 471 g/mol. The van der Waals surface area contributed by atoms with Gasteiger partial charge in [-0.1, -0.05) is 18.2 Å². The highest BCUT2D eigenvalue weighted by atomic mass is 32.1. The molecule has 0 aliphatic carbocycles. The third kappa shape index (κ3) is 6.34. The number of amides is 3. The molecule has 1 aromatic heterocycles. The van der Waals surface area contributed by atoms with E-state index in [0.29, 0.717) is 31.7 Å². The third-order valence-electron chi connectivity index (χ3n) is 6.27. The molecule has 3 unspecified atom stereocenters. The molecule has 2 aliphatic heterocycles. The van der Waals surface area contributed by atoms with Gasteiger partial charge in [-0.05, 0) is 68.9 Å². The fourth-order valence-electron chi connectivity index (χ4n) is 4.67. The van der Waals surface area contributed by atoms with Crippen LogP contribution in [-0.2, 0) is 11.3 Å². The minimum atomic E-state index is -0.174. The molecule has 7 nitrogen and oxygen atoms in total. The summed E-state index contributed by atoms with van der Waals surface area (Å²) >= 11 is 1.74. The molecule has 4 rings (SSSR count). The zero-order valence-electron chi connectivity index (χ0n) is 19.5. The molecule has 3 heterocycles. The SMILES string of the molecule is CC1CN(C(=O)c2ccc(CNC(=O)NCC(c3cccs3)N3CCCC3)cc2)CC(C)O1. The van der Waals surface area contributed by atoms with Gasteiger partial charge in [0.05, 0.1) is 18.2 Å². The van der Waals surface area contributed by atoms with Crippen molar-refractivity contribution in [2.24, 2.45) is 0 Å². The Morgan fingerprint density at radius 1 is 1.06 bits per heavy atom. The summed E-state index contributed by atoms with van der Waals surface area (Å²) in [5, 5.41) is 8.07. The molecule has 2 N–H and O–H groups in total. The van der Waals surface area contributed by atoms with Crippen molar-refractivity contribution in [2.75, 3.05) is 32.7 Å². The highest BCUT2D eigenvalue weighted by molar-refractivity contribution is 7.10. The standard InChI is InChI=1S/C25H34N4O3S/c1-18-16-29(17-19(2)32-18)24(30)21-9-7-20(8-10-21)14-26-25(31)27-15-22(23-6-5-13-33-23)28-11-3-4-12-28/h5-10,13,18-19,22H,3-4,11-12,14-17H2,1-2H3,(H2,26,27,31). The molecule has 0 spiro atoms. The molecule has 33 heavy (non-hydrogen) atoms. The fourth-order valence-corrected chi connectivity index (χ4v) is 5.53. The summed E-state index contributed by atoms with van der Waals surface area (Å²) in [6.07, 6.45) is 2.53. The summed E-state index contributed by atoms with van der Waals surface area (Å²) in [6, 6.07) is 11.7.